The van der Waals surface area contributed by atoms with Crippen molar-refractivity contribution in [3.8, 4) is 0 Å². The Bertz CT molecular complexity index is 828. The zero-order chi connectivity index (χ0) is 17.4. The first-order chi connectivity index (χ1) is 12.2. The van der Waals surface area contributed by atoms with Crippen molar-refractivity contribution in [1.82, 2.24) is 0 Å². The van der Waals surface area contributed by atoms with Crippen LogP contribution in [0.1, 0.15) is 46.8 Å². The summed E-state index contributed by atoms with van der Waals surface area (Å²) in [6.45, 7) is 2.22. The Morgan fingerprint density at radius 1 is 1.24 bits per heavy atom. The SMILES string of the molecule is CCOC(=O)c1ccc2c(c1)[C@@H]1C=CC[C@H]1[C@@H](c1ccc(Br)cc1)N2. The van der Waals surface area contributed by atoms with Gasteiger partial charge in [-0.3, -0.25) is 0 Å². The molecule has 1 heterocycles. The number of nitrogens with one attached hydrogen (secondary N) is 1. The standard InChI is InChI=1S/C21H20BrNO2/c1-2-25-21(24)14-8-11-19-18(12-14)16-4-3-5-17(16)20(23-19)13-6-9-15(22)10-7-13/h3-4,6-12,16-17,20,23H,2,5H2,1H3/t16-,17-,20-/m1/s1. The van der Waals surface area contributed by atoms with E-state index in [1.807, 2.05) is 25.1 Å². The Morgan fingerprint density at radius 3 is 2.80 bits per heavy atom. The average molecular weight is 398 g/mol. The Kier molecular flexibility index (Phi) is 4.38. The molecule has 0 fully saturated rings. The van der Waals surface area contributed by atoms with Crippen LogP contribution in [0.4, 0.5) is 5.69 Å². The molecule has 0 amide bonds. The third-order valence-electron chi connectivity index (χ3n) is 5.10. The van der Waals surface area contributed by atoms with Crippen molar-refractivity contribution in [3.05, 3.63) is 75.8 Å². The van der Waals surface area contributed by atoms with E-state index in [0.717, 1.165) is 16.6 Å². The van der Waals surface area contributed by atoms with E-state index in [-0.39, 0.29) is 12.0 Å². The van der Waals surface area contributed by atoms with Gasteiger partial charge in [0.15, 0.2) is 0 Å². The Labute approximate surface area is 156 Å². The lowest BCUT2D eigenvalue weighted by atomic mass is 9.76. The molecule has 1 aliphatic carbocycles. The first kappa shape index (κ1) is 16.4. The van der Waals surface area contributed by atoms with E-state index in [1.165, 1.54) is 11.1 Å². The lowest BCUT2D eigenvalue weighted by Gasteiger charge is -2.37. The van der Waals surface area contributed by atoms with E-state index >= 15 is 0 Å². The highest BCUT2D eigenvalue weighted by Gasteiger charge is 2.38. The molecular weight excluding hydrogens is 378 g/mol. The molecule has 128 valence electrons. The fourth-order valence-electron chi connectivity index (χ4n) is 3.94. The van der Waals surface area contributed by atoms with Crippen LogP contribution in [0.3, 0.4) is 0 Å². The van der Waals surface area contributed by atoms with Gasteiger partial charge in [0.1, 0.15) is 0 Å². The monoisotopic (exact) mass is 397 g/mol. The summed E-state index contributed by atoms with van der Waals surface area (Å²) in [6, 6.07) is 14.7. The fraction of sp³-hybridized carbons (Fsp3) is 0.286. The van der Waals surface area contributed by atoms with Gasteiger partial charge in [-0.25, -0.2) is 4.79 Å². The van der Waals surface area contributed by atoms with Crippen LogP contribution in [0.25, 0.3) is 0 Å². The summed E-state index contributed by atoms with van der Waals surface area (Å²) < 4.78 is 6.24. The highest BCUT2D eigenvalue weighted by Crippen LogP contribution is 2.50. The molecule has 0 aromatic heterocycles. The molecule has 0 bridgehead atoms. The van der Waals surface area contributed by atoms with Gasteiger partial charge in [0.25, 0.3) is 0 Å². The van der Waals surface area contributed by atoms with Gasteiger partial charge in [-0.1, -0.05) is 40.2 Å². The number of esters is 1. The van der Waals surface area contributed by atoms with Gasteiger partial charge >= 0.3 is 5.97 Å². The molecule has 3 atom stereocenters. The summed E-state index contributed by atoms with van der Waals surface area (Å²) in [5.41, 5.74) is 4.22. The van der Waals surface area contributed by atoms with Crippen molar-refractivity contribution in [3.63, 3.8) is 0 Å². The average Bonchev–Trinajstić information content (AvgIpc) is 3.11. The third-order valence-corrected chi connectivity index (χ3v) is 5.63. The van der Waals surface area contributed by atoms with Gasteiger partial charge in [0.05, 0.1) is 18.2 Å². The van der Waals surface area contributed by atoms with E-state index in [2.05, 4.69) is 57.7 Å². The minimum atomic E-state index is -0.251. The highest BCUT2D eigenvalue weighted by molar-refractivity contribution is 9.10. The lowest BCUT2D eigenvalue weighted by Crippen LogP contribution is -2.29. The van der Waals surface area contributed by atoms with E-state index in [1.54, 1.807) is 0 Å². The molecule has 0 unspecified atom stereocenters. The second kappa shape index (κ2) is 6.68. The van der Waals surface area contributed by atoms with Gasteiger partial charge in [0.2, 0.25) is 0 Å². The van der Waals surface area contributed by atoms with Crippen LogP contribution in [-0.2, 0) is 4.74 Å². The summed E-state index contributed by atoms with van der Waals surface area (Å²) >= 11 is 3.51. The topological polar surface area (TPSA) is 38.3 Å². The van der Waals surface area contributed by atoms with E-state index < -0.39 is 0 Å². The second-order valence-electron chi connectivity index (χ2n) is 6.55. The number of hydrogen-bond donors (Lipinski definition) is 1. The van der Waals surface area contributed by atoms with Crippen LogP contribution in [-0.4, -0.2) is 12.6 Å². The van der Waals surface area contributed by atoms with Crippen molar-refractivity contribution in [2.45, 2.75) is 25.3 Å². The summed E-state index contributed by atoms with van der Waals surface area (Å²) in [5, 5.41) is 3.69. The maximum atomic E-state index is 12.1. The maximum absolute atomic E-state index is 12.1. The largest absolute Gasteiger partial charge is 0.462 e. The minimum absolute atomic E-state index is 0.251. The molecule has 0 saturated heterocycles. The van der Waals surface area contributed by atoms with Gasteiger partial charge in [0, 0.05) is 16.1 Å². The van der Waals surface area contributed by atoms with Crippen LogP contribution < -0.4 is 5.32 Å². The number of carbonyl (C=O) groups is 1. The first-order valence-corrected chi connectivity index (χ1v) is 9.46. The maximum Gasteiger partial charge on any atom is 0.338 e. The quantitative estimate of drug-likeness (QED) is 0.552. The number of fused-ring (bicyclic) bond motifs is 3. The Hall–Kier alpha value is -2.07. The molecular formula is C21H20BrNO2. The zero-order valence-electron chi connectivity index (χ0n) is 14.0. The van der Waals surface area contributed by atoms with Crippen LogP contribution >= 0.6 is 15.9 Å². The number of anilines is 1. The molecule has 2 aliphatic rings. The summed E-state index contributed by atoms with van der Waals surface area (Å²) in [6.07, 6.45) is 5.58. The summed E-state index contributed by atoms with van der Waals surface area (Å²) in [7, 11) is 0. The van der Waals surface area contributed by atoms with Crippen molar-refractivity contribution in [2.75, 3.05) is 11.9 Å². The van der Waals surface area contributed by atoms with Gasteiger partial charge < -0.3 is 10.1 Å². The molecule has 0 radical (unpaired) electrons. The van der Waals surface area contributed by atoms with Crippen molar-refractivity contribution in [1.29, 1.82) is 0 Å². The summed E-state index contributed by atoms with van der Waals surface area (Å²) in [4.78, 5) is 12.1. The van der Waals surface area contributed by atoms with Crippen LogP contribution in [0, 0.1) is 5.92 Å². The number of hydrogen-bond acceptors (Lipinski definition) is 3. The van der Waals surface area contributed by atoms with Gasteiger partial charge in [-0.2, -0.15) is 0 Å². The van der Waals surface area contributed by atoms with Crippen LogP contribution in [0.5, 0.6) is 0 Å². The van der Waals surface area contributed by atoms with Gasteiger partial charge in [-0.15, -0.1) is 0 Å². The molecule has 0 spiro atoms. The molecule has 4 heteroatoms. The number of halogens is 1. The molecule has 4 rings (SSSR count). The number of allylic oxidation sites excluding steroid dienone is 2. The molecule has 2 aromatic carbocycles. The highest BCUT2D eigenvalue weighted by atomic mass is 79.9. The van der Waals surface area contributed by atoms with Crippen molar-refractivity contribution in [2.24, 2.45) is 5.92 Å². The third kappa shape index (κ3) is 2.99. The van der Waals surface area contributed by atoms with Crippen LogP contribution in [0.15, 0.2) is 59.1 Å². The molecule has 1 aliphatic heterocycles. The Balaban J connectivity index is 1.71. The minimum Gasteiger partial charge on any atom is -0.462 e. The summed E-state index contributed by atoms with van der Waals surface area (Å²) in [5.74, 6) is 0.546. The van der Waals surface area contributed by atoms with Crippen molar-refractivity contribution >= 4 is 27.6 Å². The smallest absolute Gasteiger partial charge is 0.338 e. The number of rotatable bonds is 3. The van der Waals surface area contributed by atoms with Gasteiger partial charge in [-0.05, 0) is 60.7 Å². The number of benzene rings is 2. The predicted octanol–water partition coefficient (Wildman–Crippen LogP) is 5.45. The van der Waals surface area contributed by atoms with E-state index in [9.17, 15) is 4.79 Å². The van der Waals surface area contributed by atoms with Crippen molar-refractivity contribution < 1.29 is 9.53 Å². The van der Waals surface area contributed by atoms with E-state index in [0.29, 0.717) is 24.0 Å². The Morgan fingerprint density at radius 2 is 2.04 bits per heavy atom. The lowest BCUT2D eigenvalue weighted by molar-refractivity contribution is 0.0526. The van der Waals surface area contributed by atoms with E-state index in [4.69, 9.17) is 4.74 Å². The zero-order valence-corrected chi connectivity index (χ0v) is 15.6. The fourth-order valence-corrected chi connectivity index (χ4v) is 4.20. The molecule has 1 N–H and O–H groups in total. The second-order valence-corrected chi connectivity index (χ2v) is 7.47. The number of ether oxygens (including phenoxy) is 1. The predicted molar refractivity (Wildman–Crippen MR) is 103 cm³/mol. The molecule has 0 saturated carbocycles. The van der Waals surface area contributed by atoms with Crippen LogP contribution in [0.2, 0.25) is 0 Å². The first-order valence-electron chi connectivity index (χ1n) is 8.67. The number of carbonyl (C=O) groups excluding carboxylic acids is 1. The normalized spacial score (nSPS) is 23.5. The molecule has 25 heavy (non-hydrogen) atoms. The molecule has 3 nitrogen and oxygen atoms in total. The molecule has 2 aromatic rings.